The Balaban J connectivity index is 2.47. The van der Waals surface area contributed by atoms with E-state index in [1.807, 2.05) is 0 Å². The molecule has 0 saturated carbocycles. The molecule has 2 rings (SSSR count). The van der Waals surface area contributed by atoms with Crippen molar-refractivity contribution < 1.29 is 16.8 Å². The predicted octanol–water partition coefficient (Wildman–Crippen LogP) is 1.38. The largest absolute Gasteiger partial charge is 0.396 e. The Morgan fingerprint density at radius 2 is 1.95 bits per heavy atom. The topological polar surface area (TPSA) is 97.5 Å². The first-order valence-electron chi connectivity index (χ1n) is 6.02. The van der Waals surface area contributed by atoms with Crippen LogP contribution in [0.4, 0.5) is 5.69 Å². The first-order chi connectivity index (χ1) is 9.56. The Labute approximate surface area is 133 Å². The van der Waals surface area contributed by atoms with Crippen LogP contribution in [0.1, 0.15) is 6.92 Å². The quantitative estimate of drug-likeness (QED) is 0.790. The minimum absolute atomic E-state index is 0.0170. The van der Waals surface area contributed by atoms with Gasteiger partial charge in [-0.1, -0.05) is 23.2 Å². The Kier molecular flexibility index (Phi) is 4.47. The van der Waals surface area contributed by atoms with Gasteiger partial charge in [-0.15, -0.1) is 0 Å². The van der Waals surface area contributed by atoms with Crippen LogP contribution in [-0.2, 0) is 19.9 Å². The summed E-state index contributed by atoms with van der Waals surface area (Å²) in [4.78, 5) is -0.169. The maximum atomic E-state index is 12.6. The van der Waals surface area contributed by atoms with E-state index in [2.05, 4.69) is 0 Å². The zero-order valence-electron chi connectivity index (χ0n) is 11.1. The van der Waals surface area contributed by atoms with Crippen molar-refractivity contribution >= 4 is 48.7 Å². The lowest BCUT2D eigenvalue weighted by Gasteiger charge is -2.32. The maximum absolute atomic E-state index is 12.6. The number of nitrogen functional groups attached to an aromatic ring is 1. The lowest BCUT2D eigenvalue weighted by atomic mass is 10.3. The van der Waals surface area contributed by atoms with Gasteiger partial charge in [-0.05, 0) is 19.1 Å². The van der Waals surface area contributed by atoms with Crippen LogP contribution in [0.3, 0.4) is 0 Å². The minimum atomic E-state index is -3.93. The average Bonchev–Trinajstić information content (AvgIpc) is 2.34. The summed E-state index contributed by atoms with van der Waals surface area (Å²) in [6, 6.07) is 1.95. The molecule has 0 radical (unpaired) electrons. The zero-order valence-corrected chi connectivity index (χ0v) is 14.2. The Morgan fingerprint density at radius 3 is 2.52 bits per heavy atom. The summed E-state index contributed by atoms with van der Waals surface area (Å²) >= 11 is 11.8. The molecule has 0 bridgehead atoms. The average molecular weight is 373 g/mol. The molecule has 1 aliphatic rings. The predicted molar refractivity (Wildman–Crippen MR) is 82.9 cm³/mol. The summed E-state index contributed by atoms with van der Waals surface area (Å²) < 4.78 is 49.5. The van der Waals surface area contributed by atoms with Gasteiger partial charge < -0.3 is 5.73 Å². The van der Waals surface area contributed by atoms with Crippen molar-refractivity contribution in [3.8, 4) is 0 Å². The summed E-state index contributed by atoms with van der Waals surface area (Å²) in [5, 5.41) is 0.0105. The molecule has 1 fully saturated rings. The van der Waals surface area contributed by atoms with E-state index in [0.717, 1.165) is 4.31 Å². The second-order valence-electron chi connectivity index (χ2n) is 4.85. The van der Waals surface area contributed by atoms with Crippen molar-refractivity contribution in [2.45, 2.75) is 17.9 Å². The second kappa shape index (κ2) is 5.58. The number of sulfonamides is 1. The molecule has 1 saturated heterocycles. The van der Waals surface area contributed by atoms with Crippen LogP contribution >= 0.6 is 23.2 Å². The second-order valence-corrected chi connectivity index (χ2v) is 9.73. The summed E-state index contributed by atoms with van der Waals surface area (Å²) in [5.74, 6) is -0.426. The van der Waals surface area contributed by atoms with Gasteiger partial charge >= 0.3 is 0 Å². The molecular formula is C11H14Cl2N2O4S2. The number of hydrogen-bond acceptors (Lipinski definition) is 5. The molecule has 6 nitrogen and oxygen atoms in total. The van der Waals surface area contributed by atoms with Gasteiger partial charge in [-0.25, -0.2) is 16.8 Å². The SMILES string of the molecule is CC1CS(=O)(=O)CCN1S(=O)(=O)c1ccc(Cl)c(N)c1Cl. The molecule has 1 aromatic carbocycles. The Morgan fingerprint density at radius 1 is 1.33 bits per heavy atom. The highest BCUT2D eigenvalue weighted by Crippen LogP contribution is 2.35. The summed E-state index contributed by atoms with van der Waals surface area (Å²) in [5.41, 5.74) is 5.63. The minimum Gasteiger partial charge on any atom is -0.396 e. The number of halogens is 2. The molecule has 118 valence electrons. The van der Waals surface area contributed by atoms with Crippen LogP contribution in [0.15, 0.2) is 17.0 Å². The molecule has 10 heteroatoms. The van der Waals surface area contributed by atoms with Crippen LogP contribution in [0, 0.1) is 0 Å². The van der Waals surface area contributed by atoms with Crippen molar-refractivity contribution in [1.29, 1.82) is 0 Å². The van der Waals surface area contributed by atoms with Crippen molar-refractivity contribution in [2.24, 2.45) is 0 Å². The fourth-order valence-electron chi connectivity index (χ4n) is 2.22. The Bertz CT molecular complexity index is 778. The third-order valence-electron chi connectivity index (χ3n) is 3.29. The summed E-state index contributed by atoms with van der Waals surface area (Å²) in [7, 11) is -7.15. The molecule has 0 aromatic heterocycles. The lowest BCUT2D eigenvalue weighted by molar-refractivity contribution is 0.357. The fourth-order valence-corrected chi connectivity index (χ4v) is 6.35. The van der Waals surface area contributed by atoms with Crippen molar-refractivity contribution in [2.75, 3.05) is 23.8 Å². The first-order valence-corrected chi connectivity index (χ1v) is 10.0. The number of nitrogens with two attached hydrogens (primary N) is 1. The zero-order chi connectivity index (χ0) is 16.0. The van der Waals surface area contributed by atoms with Crippen molar-refractivity contribution in [3.05, 3.63) is 22.2 Å². The van der Waals surface area contributed by atoms with E-state index >= 15 is 0 Å². The van der Waals surface area contributed by atoms with Gasteiger partial charge in [0.1, 0.15) is 4.90 Å². The van der Waals surface area contributed by atoms with E-state index in [4.69, 9.17) is 28.9 Å². The highest BCUT2D eigenvalue weighted by Gasteiger charge is 2.37. The molecule has 1 aliphatic heterocycles. The first kappa shape index (κ1) is 16.8. The number of benzene rings is 1. The highest BCUT2D eigenvalue weighted by molar-refractivity contribution is 7.92. The van der Waals surface area contributed by atoms with Gasteiger partial charge in [0.2, 0.25) is 10.0 Å². The van der Waals surface area contributed by atoms with Gasteiger partial charge in [0, 0.05) is 12.6 Å². The van der Waals surface area contributed by atoms with Crippen LogP contribution in [-0.4, -0.2) is 45.2 Å². The molecule has 0 spiro atoms. The maximum Gasteiger partial charge on any atom is 0.244 e. The van der Waals surface area contributed by atoms with Crippen LogP contribution < -0.4 is 5.73 Å². The standard InChI is InChI=1S/C11H14Cl2N2O4S2/c1-7-6-20(16,17)5-4-15(7)21(18,19)9-3-2-8(12)11(14)10(9)13/h2-3,7H,4-6,14H2,1H3. The van der Waals surface area contributed by atoms with Gasteiger partial charge in [0.15, 0.2) is 9.84 Å². The van der Waals surface area contributed by atoms with Crippen LogP contribution in [0.25, 0.3) is 0 Å². The molecule has 21 heavy (non-hydrogen) atoms. The molecule has 1 atom stereocenters. The number of nitrogens with zero attached hydrogens (tertiary/aromatic N) is 1. The molecular weight excluding hydrogens is 359 g/mol. The van der Waals surface area contributed by atoms with Gasteiger partial charge in [0.05, 0.1) is 27.2 Å². The molecule has 2 N–H and O–H groups in total. The molecule has 0 amide bonds. The van der Waals surface area contributed by atoms with E-state index in [1.165, 1.54) is 12.1 Å². The number of anilines is 1. The number of rotatable bonds is 2. The number of hydrogen-bond donors (Lipinski definition) is 1. The monoisotopic (exact) mass is 372 g/mol. The smallest absolute Gasteiger partial charge is 0.244 e. The number of sulfone groups is 1. The van der Waals surface area contributed by atoms with Crippen molar-refractivity contribution in [3.63, 3.8) is 0 Å². The third kappa shape index (κ3) is 3.14. The summed E-state index contributed by atoms with van der Waals surface area (Å²) in [6.45, 7) is 1.44. The van der Waals surface area contributed by atoms with Gasteiger partial charge in [-0.2, -0.15) is 4.31 Å². The van der Waals surface area contributed by atoms with E-state index in [9.17, 15) is 16.8 Å². The molecule has 0 aliphatic carbocycles. The van der Waals surface area contributed by atoms with Gasteiger partial charge in [0.25, 0.3) is 0 Å². The highest BCUT2D eigenvalue weighted by atomic mass is 35.5. The van der Waals surface area contributed by atoms with E-state index < -0.39 is 25.9 Å². The summed E-state index contributed by atoms with van der Waals surface area (Å²) in [6.07, 6.45) is 0. The third-order valence-corrected chi connectivity index (χ3v) is 7.99. The lowest BCUT2D eigenvalue weighted by Crippen LogP contribution is -2.49. The van der Waals surface area contributed by atoms with Crippen LogP contribution in [0.2, 0.25) is 10.0 Å². The van der Waals surface area contributed by atoms with Crippen molar-refractivity contribution in [1.82, 2.24) is 4.31 Å². The van der Waals surface area contributed by atoms with Gasteiger partial charge in [-0.3, -0.25) is 0 Å². The normalized spacial score (nSPS) is 23.1. The molecule has 1 heterocycles. The fraction of sp³-hybridized carbons (Fsp3) is 0.455. The van der Waals surface area contributed by atoms with E-state index in [1.54, 1.807) is 6.92 Å². The molecule has 1 unspecified atom stereocenters. The van der Waals surface area contributed by atoms with E-state index in [0.29, 0.717) is 0 Å². The van der Waals surface area contributed by atoms with Crippen LogP contribution in [0.5, 0.6) is 0 Å². The Hall–Kier alpha value is -0.540. The molecule has 1 aromatic rings. The van der Waals surface area contributed by atoms with E-state index in [-0.39, 0.29) is 38.7 Å².